The molecule has 0 aromatic rings. The Balaban J connectivity index is 1.58. The molecule has 3 aliphatic rings. The number of hydrogen-bond acceptors (Lipinski definition) is 3. The van der Waals surface area contributed by atoms with Crippen LogP contribution in [0.5, 0.6) is 0 Å². The summed E-state index contributed by atoms with van der Waals surface area (Å²) in [5.41, 5.74) is 5.99. The summed E-state index contributed by atoms with van der Waals surface area (Å²) < 4.78 is 0. The second kappa shape index (κ2) is 6.11. The lowest BCUT2D eigenvalue weighted by molar-refractivity contribution is 0.0342. The third kappa shape index (κ3) is 2.98. The summed E-state index contributed by atoms with van der Waals surface area (Å²) in [4.78, 5) is 5.51. The molecule has 3 nitrogen and oxygen atoms in total. The highest BCUT2D eigenvalue weighted by molar-refractivity contribution is 4.92. The van der Waals surface area contributed by atoms with Gasteiger partial charge in [0, 0.05) is 31.7 Å². The Morgan fingerprint density at radius 2 is 1.79 bits per heavy atom. The number of nitrogens with two attached hydrogens (primary N) is 1. The van der Waals surface area contributed by atoms with Crippen LogP contribution in [-0.4, -0.2) is 54.6 Å². The van der Waals surface area contributed by atoms with Crippen LogP contribution in [0.3, 0.4) is 0 Å². The topological polar surface area (TPSA) is 32.5 Å². The van der Waals surface area contributed by atoms with E-state index in [2.05, 4.69) is 16.7 Å². The Labute approximate surface area is 118 Å². The van der Waals surface area contributed by atoms with Gasteiger partial charge in [0.15, 0.2) is 0 Å². The zero-order valence-corrected chi connectivity index (χ0v) is 12.6. The van der Waals surface area contributed by atoms with Gasteiger partial charge in [-0.1, -0.05) is 12.8 Å². The maximum atomic E-state index is 5.99. The Kier molecular flexibility index (Phi) is 4.45. The van der Waals surface area contributed by atoms with Crippen LogP contribution in [0.1, 0.15) is 45.4 Å². The predicted octanol–water partition coefficient (Wildman–Crippen LogP) is 1.92. The lowest BCUT2D eigenvalue weighted by Gasteiger charge is -2.45. The van der Waals surface area contributed by atoms with Crippen molar-refractivity contribution in [3.8, 4) is 0 Å². The minimum atomic E-state index is 0.745. The number of piperazine rings is 1. The molecule has 4 atom stereocenters. The molecule has 3 heteroatoms. The molecule has 110 valence electrons. The van der Waals surface area contributed by atoms with Crippen molar-refractivity contribution in [1.82, 2.24) is 9.80 Å². The van der Waals surface area contributed by atoms with E-state index in [-0.39, 0.29) is 0 Å². The van der Waals surface area contributed by atoms with Gasteiger partial charge in [0.25, 0.3) is 0 Å². The van der Waals surface area contributed by atoms with E-state index in [9.17, 15) is 0 Å². The molecule has 3 fully saturated rings. The second-order valence-electron chi connectivity index (χ2n) is 7.13. The van der Waals surface area contributed by atoms with Crippen molar-refractivity contribution >= 4 is 0 Å². The van der Waals surface area contributed by atoms with Crippen molar-refractivity contribution in [2.45, 2.75) is 57.5 Å². The number of fused-ring (bicyclic) bond motifs is 1. The maximum Gasteiger partial charge on any atom is 0.0224 e. The molecule has 0 spiro atoms. The summed E-state index contributed by atoms with van der Waals surface area (Å²) in [5, 5.41) is 0. The lowest BCUT2D eigenvalue weighted by atomic mass is 9.78. The van der Waals surface area contributed by atoms with E-state index in [0.29, 0.717) is 0 Å². The standard InChI is InChI=1S/C16H31N3/c1-13-10-18-8-4-7-16(18)12-19(13)11-15-6-3-2-5-14(15)9-17/h13-16H,2-12,17H2,1H3. The monoisotopic (exact) mass is 265 g/mol. The minimum absolute atomic E-state index is 0.745. The highest BCUT2D eigenvalue weighted by Gasteiger charge is 2.36. The molecule has 2 heterocycles. The minimum Gasteiger partial charge on any atom is -0.330 e. The van der Waals surface area contributed by atoms with Gasteiger partial charge in [-0.3, -0.25) is 9.80 Å². The fourth-order valence-corrected chi connectivity index (χ4v) is 4.64. The Bertz CT molecular complexity index is 294. The average molecular weight is 265 g/mol. The molecule has 0 aromatic carbocycles. The third-order valence-electron chi connectivity index (χ3n) is 5.90. The highest BCUT2D eigenvalue weighted by atomic mass is 15.3. The van der Waals surface area contributed by atoms with Crippen molar-refractivity contribution in [3.63, 3.8) is 0 Å². The van der Waals surface area contributed by atoms with Crippen LogP contribution in [0.4, 0.5) is 0 Å². The van der Waals surface area contributed by atoms with Gasteiger partial charge in [0.2, 0.25) is 0 Å². The highest BCUT2D eigenvalue weighted by Crippen LogP contribution is 2.32. The zero-order valence-electron chi connectivity index (χ0n) is 12.6. The summed E-state index contributed by atoms with van der Waals surface area (Å²) in [6, 6.07) is 1.60. The molecular formula is C16H31N3. The quantitative estimate of drug-likeness (QED) is 0.846. The Morgan fingerprint density at radius 1 is 1.00 bits per heavy atom. The zero-order chi connectivity index (χ0) is 13.2. The molecule has 0 radical (unpaired) electrons. The Morgan fingerprint density at radius 3 is 2.58 bits per heavy atom. The molecule has 0 bridgehead atoms. The van der Waals surface area contributed by atoms with E-state index in [1.807, 2.05) is 0 Å². The molecule has 0 amide bonds. The smallest absolute Gasteiger partial charge is 0.0224 e. The van der Waals surface area contributed by atoms with Crippen LogP contribution in [0, 0.1) is 11.8 Å². The first-order chi connectivity index (χ1) is 9.28. The van der Waals surface area contributed by atoms with Gasteiger partial charge >= 0.3 is 0 Å². The van der Waals surface area contributed by atoms with Crippen LogP contribution in [-0.2, 0) is 0 Å². The normalized spacial score (nSPS) is 41.4. The molecule has 1 aliphatic carbocycles. The van der Waals surface area contributed by atoms with Crippen LogP contribution < -0.4 is 5.73 Å². The van der Waals surface area contributed by atoms with Crippen LogP contribution in [0.15, 0.2) is 0 Å². The van der Waals surface area contributed by atoms with Gasteiger partial charge in [-0.25, -0.2) is 0 Å². The molecule has 0 aromatic heterocycles. The lowest BCUT2D eigenvalue weighted by Crippen LogP contribution is -2.56. The largest absolute Gasteiger partial charge is 0.330 e. The molecule has 3 rings (SSSR count). The third-order valence-corrected chi connectivity index (χ3v) is 5.90. The fourth-order valence-electron chi connectivity index (χ4n) is 4.64. The molecule has 4 unspecified atom stereocenters. The summed E-state index contributed by atoms with van der Waals surface area (Å²) in [5.74, 6) is 1.66. The predicted molar refractivity (Wildman–Crippen MR) is 80.1 cm³/mol. The van der Waals surface area contributed by atoms with Crippen LogP contribution >= 0.6 is 0 Å². The van der Waals surface area contributed by atoms with Gasteiger partial charge < -0.3 is 5.73 Å². The van der Waals surface area contributed by atoms with E-state index >= 15 is 0 Å². The average Bonchev–Trinajstić information content (AvgIpc) is 2.87. The summed E-state index contributed by atoms with van der Waals surface area (Å²) >= 11 is 0. The van der Waals surface area contributed by atoms with Crippen molar-refractivity contribution in [3.05, 3.63) is 0 Å². The summed E-state index contributed by atoms with van der Waals surface area (Å²) in [6.07, 6.45) is 8.47. The number of rotatable bonds is 3. The number of hydrogen-bond donors (Lipinski definition) is 1. The van der Waals surface area contributed by atoms with Crippen molar-refractivity contribution < 1.29 is 0 Å². The fraction of sp³-hybridized carbons (Fsp3) is 1.00. The van der Waals surface area contributed by atoms with Crippen LogP contribution in [0.25, 0.3) is 0 Å². The molecule has 1 saturated carbocycles. The first-order valence-electron chi connectivity index (χ1n) is 8.46. The van der Waals surface area contributed by atoms with Gasteiger partial charge in [0.05, 0.1) is 0 Å². The van der Waals surface area contributed by atoms with E-state index in [1.54, 1.807) is 0 Å². The number of nitrogens with zero attached hydrogens (tertiary/aromatic N) is 2. The Hall–Kier alpha value is -0.120. The first kappa shape index (κ1) is 13.8. The van der Waals surface area contributed by atoms with Crippen molar-refractivity contribution in [2.24, 2.45) is 17.6 Å². The summed E-state index contributed by atoms with van der Waals surface area (Å²) in [6.45, 7) is 8.60. The van der Waals surface area contributed by atoms with E-state index in [4.69, 9.17) is 5.73 Å². The van der Waals surface area contributed by atoms with Gasteiger partial charge in [-0.15, -0.1) is 0 Å². The molecule has 2 N–H and O–H groups in total. The van der Waals surface area contributed by atoms with Crippen molar-refractivity contribution in [1.29, 1.82) is 0 Å². The van der Waals surface area contributed by atoms with Crippen molar-refractivity contribution in [2.75, 3.05) is 32.7 Å². The van der Waals surface area contributed by atoms with E-state index in [0.717, 1.165) is 30.5 Å². The SMILES string of the molecule is CC1CN2CCCC2CN1CC1CCCCC1CN. The van der Waals surface area contributed by atoms with Gasteiger partial charge in [-0.2, -0.15) is 0 Å². The maximum absolute atomic E-state index is 5.99. The van der Waals surface area contributed by atoms with Gasteiger partial charge in [-0.05, 0) is 57.5 Å². The second-order valence-corrected chi connectivity index (χ2v) is 7.13. The first-order valence-corrected chi connectivity index (χ1v) is 8.46. The molecule has 2 saturated heterocycles. The molecule has 19 heavy (non-hydrogen) atoms. The van der Waals surface area contributed by atoms with E-state index < -0.39 is 0 Å². The van der Waals surface area contributed by atoms with E-state index in [1.165, 1.54) is 64.7 Å². The van der Waals surface area contributed by atoms with Gasteiger partial charge in [0.1, 0.15) is 0 Å². The molecule has 2 aliphatic heterocycles. The van der Waals surface area contributed by atoms with Crippen LogP contribution in [0.2, 0.25) is 0 Å². The summed E-state index contributed by atoms with van der Waals surface area (Å²) in [7, 11) is 0. The molecular weight excluding hydrogens is 234 g/mol.